The third kappa shape index (κ3) is 2.52. The Hall–Kier alpha value is -1.91. The average Bonchev–Trinajstić information content (AvgIpc) is 2.48. The van der Waals surface area contributed by atoms with Crippen molar-refractivity contribution in [3.05, 3.63) is 80.6 Å². The van der Waals surface area contributed by atoms with Crippen molar-refractivity contribution in [1.29, 1.82) is 0 Å². The van der Waals surface area contributed by atoms with Gasteiger partial charge >= 0.3 is 5.63 Å². The maximum Gasteiger partial charge on any atom is 0.342 e. The van der Waals surface area contributed by atoms with Crippen LogP contribution < -0.4 is 5.63 Å². The van der Waals surface area contributed by atoms with Crippen molar-refractivity contribution >= 4 is 26.9 Å². The molecule has 3 rings (SSSR count). The quantitative estimate of drug-likeness (QED) is 0.719. The zero-order valence-corrected chi connectivity index (χ0v) is 12.9. The van der Waals surface area contributed by atoms with Gasteiger partial charge in [0.1, 0.15) is 11.2 Å². The molecule has 0 fully saturated rings. The number of benzene rings is 2. The van der Waals surface area contributed by atoms with E-state index >= 15 is 0 Å². The van der Waals surface area contributed by atoms with E-state index in [9.17, 15) is 9.90 Å². The highest BCUT2D eigenvalue weighted by molar-refractivity contribution is 9.10. The van der Waals surface area contributed by atoms with E-state index in [1.807, 2.05) is 24.3 Å². The number of halogens is 1. The van der Waals surface area contributed by atoms with Crippen LogP contribution in [-0.2, 0) is 5.60 Å². The molecule has 1 aromatic heterocycles. The summed E-state index contributed by atoms with van der Waals surface area (Å²) in [6.07, 6.45) is 0. The van der Waals surface area contributed by atoms with Gasteiger partial charge in [0, 0.05) is 9.86 Å². The van der Waals surface area contributed by atoms with E-state index in [2.05, 4.69) is 15.9 Å². The predicted molar refractivity (Wildman–Crippen MR) is 85.3 cm³/mol. The summed E-state index contributed by atoms with van der Waals surface area (Å²) in [4.78, 5) is 12.2. The standard InChI is InChI=1S/C17H13BrO3/c1-17(20,12-5-3-2-4-6-12)14-10-11-9-13(18)7-8-15(11)21-16(14)19/h2-10,20H,1H3. The lowest BCUT2D eigenvalue weighted by molar-refractivity contribution is 0.0985. The Kier molecular flexibility index (Phi) is 3.43. The van der Waals surface area contributed by atoms with Crippen molar-refractivity contribution < 1.29 is 9.52 Å². The summed E-state index contributed by atoms with van der Waals surface area (Å²) in [7, 11) is 0. The third-order valence-electron chi connectivity index (χ3n) is 3.55. The normalized spacial score (nSPS) is 14.0. The highest BCUT2D eigenvalue weighted by Crippen LogP contribution is 2.29. The maximum atomic E-state index is 12.2. The molecule has 4 heteroatoms. The van der Waals surface area contributed by atoms with E-state index in [1.165, 1.54) is 0 Å². The van der Waals surface area contributed by atoms with Gasteiger partial charge in [-0.25, -0.2) is 4.79 Å². The zero-order chi connectivity index (χ0) is 15.0. The molecule has 1 atom stereocenters. The fraction of sp³-hybridized carbons (Fsp3) is 0.118. The number of hydrogen-bond donors (Lipinski definition) is 1. The lowest BCUT2D eigenvalue weighted by atomic mass is 9.89. The Balaban J connectivity index is 2.24. The maximum absolute atomic E-state index is 12.2. The molecule has 3 aromatic rings. The molecule has 2 aromatic carbocycles. The zero-order valence-electron chi connectivity index (χ0n) is 11.3. The van der Waals surface area contributed by atoms with Gasteiger partial charge in [-0.15, -0.1) is 0 Å². The molecule has 0 saturated carbocycles. The molecule has 0 amide bonds. The molecule has 0 aliphatic carbocycles. The van der Waals surface area contributed by atoms with Crippen LogP contribution in [0.5, 0.6) is 0 Å². The van der Waals surface area contributed by atoms with Crippen LogP contribution in [0.15, 0.2) is 68.3 Å². The highest BCUT2D eigenvalue weighted by Gasteiger charge is 2.29. The summed E-state index contributed by atoms with van der Waals surface area (Å²) in [6.45, 7) is 1.60. The summed E-state index contributed by atoms with van der Waals surface area (Å²) in [5, 5.41) is 11.6. The fourth-order valence-electron chi connectivity index (χ4n) is 2.35. The Labute approximate surface area is 130 Å². The van der Waals surface area contributed by atoms with E-state index in [-0.39, 0.29) is 5.56 Å². The third-order valence-corrected chi connectivity index (χ3v) is 4.05. The molecule has 0 aliphatic heterocycles. The molecule has 21 heavy (non-hydrogen) atoms. The Morgan fingerprint density at radius 2 is 1.81 bits per heavy atom. The first-order chi connectivity index (χ1) is 9.98. The van der Waals surface area contributed by atoms with Gasteiger partial charge in [-0.2, -0.15) is 0 Å². The molecule has 1 heterocycles. The van der Waals surface area contributed by atoms with Crippen molar-refractivity contribution in [2.24, 2.45) is 0 Å². The van der Waals surface area contributed by atoms with Gasteiger partial charge in [-0.1, -0.05) is 46.3 Å². The minimum Gasteiger partial charge on any atom is -0.422 e. The Morgan fingerprint density at radius 3 is 2.52 bits per heavy atom. The molecule has 0 saturated heterocycles. The second-order valence-electron chi connectivity index (χ2n) is 5.07. The van der Waals surface area contributed by atoms with Gasteiger partial charge in [0.15, 0.2) is 0 Å². The largest absolute Gasteiger partial charge is 0.422 e. The van der Waals surface area contributed by atoms with Crippen LogP contribution in [0, 0.1) is 0 Å². The first kappa shape index (κ1) is 14.0. The molecule has 3 nitrogen and oxygen atoms in total. The Morgan fingerprint density at radius 1 is 1.10 bits per heavy atom. The van der Waals surface area contributed by atoms with Crippen LogP contribution in [0.25, 0.3) is 11.0 Å². The van der Waals surface area contributed by atoms with Crippen molar-refractivity contribution in [1.82, 2.24) is 0 Å². The fourth-order valence-corrected chi connectivity index (χ4v) is 2.73. The average molecular weight is 345 g/mol. The molecule has 1 N–H and O–H groups in total. The summed E-state index contributed by atoms with van der Waals surface area (Å²) >= 11 is 3.39. The van der Waals surface area contributed by atoms with Crippen molar-refractivity contribution in [2.45, 2.75) is 12.5 Å². The molecular weight excluding hydrogens is 332 g/mol. The van der Waals surface area contributed by atoms with Crippen LogP contribution in [0.4, 0.5) is 0 Å². The van der Waals surface area contributed by atoms with E-state index in [0.717, 1.165) is 9.86 Å². The SMILES string of the molecule is CC(O)(c1ccccc1)c1cc2cc(Br)ccc2oc1=O. The second-order valence-corrected chi connectivity index (χ2v) is 5.98. The smallest absolute Gasteiger partial charge is 0.342 e. The first-order valence-corrected chi connectivity index (χ1v) is 7.29. The molecule has 0 spiro atoms. The van der Waals surface area contributed by atoms with Crippen LogP contribution in [0.2, 0.25) is 0 Å². The number of hydrogen-bond acceptors (Lipinski definition) is 3. The van der Waals surface area contributed by atoms with Crippen molar-refractivity contribution in [3.8, 4) is 0 Å². The summed E-state index contributed by atoms with van der Waals surface area (Å²) in [5.74, 6) is 0. The number of rotatable bonds is 2. The van der Waals surface area contributed by atoms with Gasteiger partial charge < -0.3 is 9.52 Å². The Bertz CT molecular complexity index is 851. The van der Waals surface area contributed by atoms with Crippen LogP contribution in [0.3, 0.4) is 0 Å². The lowest BCUT2D eigenvalue weighted by Crippen LogP contribution is -2.29. The minimum atomic E-state index is -1.40. The second kappa shape index (κ2) is 5.13. The summed E-state index contributed by atoms with van der Waals surface area (Å²) in [5.41, 5.74) is -0.571. The summed E-state index contributed by atoms with van der Waals surface area (Å²) < 4.78 is 6.20. The monoisotopic (exact) mass is 344 g/mol. The van der Waals surface area contributed by atoms with Crippen molar-refractivity contribution in [2.75, 3.05) is 0 Å². The topological polar surface area (TPSA) is 50.4 Å². The van der Waals surface area contributed by atoms with Gasteiger partial charge in [-0.05, 0) is 36.8 Å². The van der Waals surface area contributed by atoms with E-state index < -0.39 is 11.2 Å². The molecule has 1 unspecified atom stereocenters. The molecule has 0 aliphatic rings. The van der Waals surface area contributed by atoms with Gasteiger partial charge in [0.2, 0.25) is 0 Å². The summed E-state index contributed by atoms with van der Waals surface area (Å²) in [6, 6.07) is 16.1. The molecule has 106 valence electrons. The van der Waals surface area contributed by atoms with Gasteiger partial charge in [-0.3, -0.25) is 0 Å². The molecule has 0 radical (unpaired) electrons. The first-order valence-electron chi connectivity index (χ1n) is 6.50. The highest BCUT2D eigenvalue weighted by atomic mass is 79.9. The van der Waals surface area contributed by atoms with Gasteiger partial charge in [0.05, 0.1) is 5.56 Å². The van der Waals surface area contributed by atoms with E-state index in [4.69, 9.17) is 4.42 Å². The van der Waals surface area contributed by atoms with Crippen LogP contribution >= 0.6 is 15.9 Å². The number of fused-ring (bicyclic) bond motifs is 1. The number of aliphatic hydroxyl groups is 1. The van der Waals surface area contributed by atoms with E-state index in [0.29, 0.717) is 11.1 Å². The van der Waals surface area contributed by atoms with E-state index in [1.54, 1.807) is 37.3 Å². The van der Waals surface area contributed by atoms with Gasteiger partial charge in [0.25, 0.3) is 0 Å². The van der Waals surface area contributed by atoms with Crippen LogP contribution in [0.1, 0.15) is 18.1 Å². The molecular formula is C17H13BrO3. The lowest BCUT2D eigenvalue weighted by Gasteiger charge is -2.23. The van der Waals surface area contributed by atoms with Crippen LogP contribution in [-0.4, -0.2) is 5.11 Å². The minimum absolute atomic E-state index is 0.222. The predicted octanol–water partition coefficient (Wildman–Crippen LogP) is 3.81. The van der Waals surface area contributed by atoms with Crippen molar-refractivity contribution in [3.63, 3.8) is 0 Å². The molecule has 0 bridgehead atoms.